The molecule has 2 aliphatic heterocycles. The number of fused-ring (bicyclic) bond motifs is 1. The Morgan fingerprint density at radius 1 is 1.16 bits per heavy atom. The molecule has 1 aromatic rings. The molecule has 1 aromatic carbocycles. The van der Waals surface area contributed by atoms with Gasteiger partial charge in [0.25, 0.3) is 5.91 Å². The van der Waals surface area contributed by atoms with Gasteiger partial charge >= 0.3 is 18.0 Å². The van der Waals surface area contributed by atoms with Gasteiger partial charge in [-0.3, -0.25) is 9.69 Å². The van der Waals surface area contributed by atoms with Crippen LogP contribution in [-0.2, 0) is 4.74 Å². The first kappa shape index (κ1) is 11.4. The number of rotatable bonds is 1. The fourth-order valence-electron chi connectivity index (χ4n) is 2.04. The minimum absolute atomic E-state index is 0.0513. The number of urea groups is 1. The highest BCUT2D eigenvalue weighted by Crippen LogP contribution is 2.22. The average Bonchev–Trinajstić information content (AvgIpc) is 2.94. The van der Waals surface area contributed by atoms with Crippen molar-refractivity contribution >= 4 is 23.9 Å². The van der Waals surface area contributed by atoms with E-state index in [0.29, 0.717) is 6.54 Å². The molecule has 0 radical (unpaired) electrons. The fourth-order valence-corrected chi connectivity index (χ4v) is 2.04. The Labute approximate surface area is 107 Å². The highest BCUT2D eigenvalue weighted by Gasteiger charge is 2.32. The zero-order valence-corrected chi connectivity index (χ0v) is 9.63. The number of amides is 3. The number of ether oxygens (including phenoxy) is 1. The molecule has 3 rings (SSSR count). The van der Waals surface area contributed by atoms with E-state index in [4.69, 9.17) is 0 Å². The van der Waals surface area contributed by atoms with Crippen LogP contribution in [0.15, 0.2) is 18.2 Å². The molecule has 96 valence electrons. The molecule has 1 saturated heterocycles. The van der Waals surface area contributed by atoms with E-state index in [1.807, 2.05) is 0 Å². The van der Waals surface area contributed by atoms with Crippen molar-refractivity contribution in [3.8, 4) is 0 Å². The van der Waals surface area contributed by atoms with Crippen molar-refractivity contribution in [2.24, 2.45) is 0 Å². The molecule has 7 nitrogen and oxygen atoms in total. The van der Waals surface area contributed by atoms with Gasteiger partial charge in [0, 0.05) is 18.7 Å². The highest BCUT2D eigenvalue weighted by molar-refractivity contribution is 6.16. The van der Waals surface area contributed by atoms with Crippen LogP contribution in [0.4, 0.5) is 4.79 Å². The summed E-state index contributed by atoms with van der Waals surface area (Å²) in [5.41, 5.74) is 0.352. The van der Waals surface area contributed by atoms with Crippen molar-refractivity contribution in [3.05, 3.63) is 34.9 Å². The maximum absolute atomic E-state index is 12.1. The molecule has 2 heterocycles. The Morgan fingerprint density at radius 3 is 2.58 bits per heavy atom. The van der Waals surface area contributed by atoms with Crippen molar-refractivity contribution in [2.75, 3.05) is 13.1 Å². The number of nitrogens with zero attached hydrogens (tertiary/aromatic N) is 1. The van der Waals surface area contributed by atoms with Crippen molar-refractivity contribution in [3.63, 3.8) is 0 Å². The molecule has 0 saturated carbocycles. The van der Waals surface area contributed by atoms with Gasteiger partial charge in [-0.05, 0) is 18.2 Å². The molecule has 19 heavy (non-hydrogen) atoms. The van der Waals surface area contributed by atoms with E-state index in [0.717, 1.165) is 4.90 Å². The molecule has 0 spiro atoms. The third-order valence-corrected chi connectivity index (χ3v) is 2.99. The van der Waals surface area contributed by atoms with Gasteiger partial charge in [-0.2, -0.15) is 0 Å². The van der Waals surface area contributed by atoms with Crippen LogP contribution in [0.2, 0.25) is 0 Å². The van der Waals surface area contributed by atoms with E-state index in [2.05, 4.69) is 10.1 Å². The van der Waals surface area contributed by atoms with Crippen LogP contribution in [0.5, 0.6) is 0 Å². The molecule has 0 aliphatic carbocycles. The Kier molecular flexibility index (Phi) is 2.34. The predicted molar refractivity (Wildman–Crippen MR) is 60.6 cm³/mol. The van der Waals surface area contributed by atoms with Gasteiger partial charge in [-0.1, -0.05) is 0 Å². The Morgan fingerprint density at radius 2 is 1.89 bits per heavy atom. The van der Waals surface area contributed by atoms with Crippen LogP contribution >= 0.6 is 0 Å². The third kappa shape index (κ3) is 1.67. The van der Waals surface area contributed by atoms with Crippen LogP contribution in [0.1, 0.15) is 31.1 Å². The number of hydrogen-bond acceptors (Lipinski definition) is 5. The lowest BCUT2D eigenvalue weighted by atomic mass is 10.0. The van der Waals surface area contributed by atoms with Gasteiger partial charge in [0.05, 0.1) is 11.1 Å². The van der Waals surface area contributed by atoms with Crippen LogP contribution in [-0.4, -0.2) is 41.9 Å². The topological polar surface area (TPSA) is 92.8 Å². The first-order valence-corrected chi connectivity index (χ1v) is 5.58. The third-order valence-electron chi connectivity index (χ3n) is 2.99. The maximum atomic E-state index is 12.1. The van der Waals surface area contributed by atoms with Gasteiger partial charge in [-0.25, -0.2) is 14.4 Å². The van der Waals surface area contributed by atoms with Gasteiger partial charge < -0.3 is 10.1 Å². The number of imide groups is 1. The predicted octanol–water partition coefficient (Wildman–Crippen LogP) is 0.163. The van der Waals surface area contributed by atoms with E-state index in [1.54, 1.807) is 0 Å². The molecule has 1 N–H and O–H groups in total. The number of esters is 2. The van der Waals surface area contributed by atoms with Crippen LogP contribution in [0.25, 0.3) is 0 Å². The van der Waals surface area contributed by atoms with Crippen LogP contribution < -0.4 is 5.32 Å². The van der Waals surface area contributed by atoms with Crippen molar-refractivity contribution < 1.29 is 23.9 Å². The molecule has 0 unspecified atom stereocenters. The number of cyclic esters (lactones) is 2. The summed E-state index contributed by atoms with van der Waals surface area (Å²) in [4.78, 5) is 47.2. The standard InChI is InChI=1S/C12H8N2O5/c15-9(14-4-3-13-12(14)18)6-1-2-7-8(5-6)11(17)19-10(7)16/h1-2,5H,3-4H2,(H,13,18). The number of benzene rings is 1. The second-order valence-corrected chi connectivity index (χ2v) is 4.13. The van der Waals surface area contributed by atoms with E-state index < -0.39 is 23.9 Å². The molecule has 1 fully saturated rings. The lowest BCUT2D eigenvalue weighted by molar-refractivity contribution is 0.0443. The van der Waals surface area contributed by atoms with Crippen LogP contribution in [0, 0.1) is 0 Å². The average molecular weight is 260 g/mol. The summed E-state index contributed by atoms with van der Waals surface area (Å²) in [6.45, 7) is 0.675. The monoisotopic (exact) mass is 260 g/mol. The second kappa shape index (κ2) is 3.91. The second-order valence-electron chi connectivity index (χ2n) is 4.13. The molecule has 0 atom stereocenters. The summed E-state index contributed by atoms with van der Waals surface area (Å²) in [7, 11) is 0. The summed E-state index contributed by atoms with van der Waals surface area (Å²) in [5.74, 6) is -2.01. The number of hydrogen-bond donors (Lipinski definition) is 1. The number of carbonyl (C=O) groups excluding carboxylic acids is 4. The molecule has 0 aromatic heterocycles. The first-order chi connectivity index (χ1) is 9.08. The SMILES string of the molecule is O=C1OC(=O)c2cc(C(=O)N3CCNC3=O)ccc21. The molecule has 3 amide bonds. The van der Waals surface area contributed by atoms with Crippen molar-refractivity contribution in [2.45, 2.75) is 0 Å². The Hall–Kier alpha value is -2.70. The molecule has 0 bridgehead atoms. The summed E-state index contributed by atoms with van der Waals surface area (Å²) >= 11 is 0. The fraction of sp³-hybridized carbons (Fsp3) is 0.167. The largest absolute Gasteiger partial charge is 0.386 e. The van der Waals surface area contributed by atoms with E-state index in [1.165, 1.54) is 18.2 Å². The quantitative estimate of drug-likeness (QED) is 0.573. The normalized spacial score (nSPS) is 17.3. The summed E-state index contributed by atoms with van der Waals surface area (Å²) in [5, 5.41) is 2.51. The Balaban J connectivity index is 1.97. The Bertz CT molecular complexity index is 637. The number of nitrogens with one attached hydrogen (secondary N) is 1. The summed E-state index contributed by atoms with van der Waals surface area (Å²) in [6.07, 6.45) is 0. The van der Waals surface area contributed by atoms with Gasteiger partial charge in [-0.15, -0.1) is 0 Å². The first-order valence-electron chi connectivity index (χ1n) is 5.58. The van der Waals surface area contributed by atoms with Gasteiger partial charge in [0.1, 0.15) is 0 Å². The molecule has 2 aliphatic rings. The molecule has 7 heteroatoms. The minimum atomic E-state index is -0.777. The van der Waals surface area contributed by atoms with E-state index in [-0.39, 0.29) is 23.2 Å². The zero-order chi connectivity index (χ0) is 13.6. The van der Waals surface area contributed by atoms with Gasteiger partial charge in [0.15, 0.2) is 0 Å². The summed E-state index contributed by atoms with van der Waals surface area (Å²) < 4.78 is 4.43. The smallest absolute Gasteiger partial charge is 0.346 e. The molecular formula is C12H8N2O5. The zero-order valence-electron chi connectivity index (χ0n) is 9.63. The lowest BCUT2D eigenvalue weighted by Gasteiger charge is -2.12. The van der Waals surface area contributed by atoms with Gasteiger partial charge in [0.2, 0.25) is 0 Å². The number of carbonyl (C=O) groups is 4. The maximum Gasteiger partial charge on any atom is 0.346 e. The lowest BCUT2D eigenvalue weighted by Crippen LogP contribution is -2.34. The minimum Gasteiger partial charge on any atom is -0.386 e. The summed E-state index contributed by atoms with van der Waals surface area (Å²) in [6, 6.07) is 3.55. The highest BCUT2D eigenvalue weighted by atomic mass is 16.6. The van der Waals surface area contributed by atoms with Crippen molar-refractivity contribution in [1.29, 1.82) is 0 Å². The van der Waals surface area contributed by atoms with E-state index in [9.17, 15) is 19.2 Å². The van der Waals surface area contributed by atoms with Crippen LogP contribution in [0.3, 0.4) is 0 Å². The van der Waals surface area contributed by atoms with Crippen molar-refractivity contribution in [1.82, 2.24) is 10.2 Å². The van der Waals surface area contributed by atoms with E-state index >= 15 is 0 Å². The molecular weight excluding hydrogens is 252 g/mol.